The Balaban J connectivity index is 1.82. The van der Waals surface area contributed by atoms with Gasteiger partial charge in [0.15, 0.2) is 0 Å². The summed E-state index contributed by atoms with van der Waals surface area (Å²) in [5, 5.41) is 10.9. The lowest BCUT2D eigenvalue weighted by Crippen LogP contribution is -2.46. The van der Waals surface area contributed by atoms with Gasteiger partial charge >= 0.3 is 12.0 Å². The maximum Gasteiger partial charge on any atom is 0.337 e. The summed E-state index contributed by atoms with van der Waals surface area (Å²) in [6.07, 6.45) is 2.18. The van der Waals surface area contributed by atoms with Crippen molar-refractivity contribution in [3.63, 3.8) is 0 Å². The molecule has 2 amide bonds. The van der Waals surface area contributed by atoms with Gasteiger partial charge in [0.05, 0.1) is 24.8 Å². The molecule has 2 heterocycles. The lowest BCUT2D eigenvalue weighted by atomic mass is 10.0. The predicted molar refractivity (Wildman–Crippen MR) is 115 cm³/mol. The van der Waals surface area contributed by atoms with Gasteiger partial charge in [0.1, 0.15) is 0 Å². The molecular formula is C22H27N3O3S. The van der Waals surface area contributed by atoms with Crippen molar-refractivity contribution < 1.29 is 14.3 Å². The van der Waals surface area contributed by atoms with Gasteiger partial charge in [0.2, 0.25) is 0 Å². The quantitative estimate of drug-likeness (QED) is 0.550. The third-order valence-corrected chi connectivity index (χ3v) is 5.68. The summed E-state index contributed by atoms with van der Waals surface area (Å²) in [6, 6.07) is 12.4. The molecule has 0 aliphatic carbocycles. The number of ether oxygens (including phenoxy) is 1. The Morgan fingerprint density at radius 2 is 2.03 bits per heavy atom. The Labute approximate surface area is 175 Å². The Morgan fingerprint density at radius 3 is 2.69 bits per heavy atom. The van der Waals surface area contributed by atoms with Gasteiger partial charge in [-0.15, -0.1) is 11.3 Å². The fourth-order valence-corrected chi connectivity index (χ4v) is 4.13. The zero-order valence-corrected chi connectivity index (χ0v) is 17.6. The fraction of sp³-hybridized carbons (Fsp3) is 0.364. The van der Waals surface area contributed by atoms with E-state index in [2.05, 4.69) is 53.2 Å². The molecular weight excluding hydrogens is 386 g/mol. The number of urea groups is 1. The molecule has 0 unspecified atom stereocenters. The van der Waals surface area contributed by atoms with Gasteiger partial charge in [0, 0.05) is 17.1 Å². The summed E-state index contributed by atoms with van der Waals surface area (Å²) in [5.74, 6) is -0.409. The molecule has 1 aromatic carbocycles. The van der Waals surface area contributed by atoms with Gasteiger partial charge in [-0.3, -0.25) is 5.32 Å². The van der Waals surface area contributed by atoms with Crippen LogP contribution in [0.25, 0.3) is 0 Å². The van der Waals surface area contributed by atoms with E-state index in [1.807, 2.05) is 11.4 Å². The van der Waals surface area contributed by atoms with Crippen molar-refractivity contribution in [3.05, 3.63) is 69.1 Å². The van der Waals surface area contributed by atoms with Crippen LogP contribution in [-0.2, 0) is 16.0 Å². The summed E-state index contributed by atoms with van der Waals surface area (Å²) < 4.78 is 5.13. The maximum absolute atomic E-state index is 12.3. The van der Waals surface area contributed by atoms with E-state index in [1.165, 1.54) is 10.4 Å². The molecule has 1 aliphatic rings. The summed E-state index contributed by atoms with van der Waals surface area (Å²) in [7, 11) is 0. The van der Waals surface area contributed by atoms with Crippen molar-refractivity contribution in [2.75, 3.05) is 19.7 Å². The first-order valence-electron chi connectivity index (χ1n) is 9.92. The highest BCUT2D eigenvalue weighted by molar-refractivity contribution is 7.10. The highest BCUT2D eigenvalue weighted by Crippen LogP contribution is 2.27. The first-order valence-corrected chi connectivity index (χ1v) is 10.8. The zero-order valence-electron chi connectivity index (χ0n) is 16.8. The molecule has 7 heteroatoms. The Hall–Kier alpha value is -2.64. The van der Waals surface area contributed by atoms with E-state index in [0.717, 1.165) is 18.4 Å². The van der Waals surface area contributed by atoms with E-state index < -0.39 is 5.97 Å². The van der Waals surface area contributed by atoms with Crippen LogP contribution >= 0.6 is 11.3 Å². The van der Waals surface area contributed by atoms with Crippen LogP contribution < -0.4 is 16.0 Å². The van der Waals surface area contributed by atoms with Gasteiger partial charge in [0.25, 0.3) is 0 Å². The van der Waals surface area contributed by atoms with Crippen molar-refractivity contribution >= 4 is 23.3 Å². The number of esters is 1. The van der Waals surface area contributed by atoms with E-state index in [1.54, 1.807) is 18.3 Å². The maximum atomic E-state index is 12.3. The van der Waals surface area contributed by atoms with Crippen LogP contribution in [0.15, 0.2) is 53.0 Å². The van der Waals surface area contributed by atoms with Gasteiger partial charge < -0.3 is 15.4 Å². The number of hydrogen-bond acceptors (Lipinski definition) is 5. The first kappa shape index (κ1) is 21.1. The van der Waals surface area contributed by atoms with Gasteiger partial charge in [-0.1, -0.05) is 43.7 Å². The molecule has 29 heavy (non-hydrogen) atoms. The van der Waals surface area contributed by atoms with Crippen LogP contribution in [0.1, 0.15) is 42.3 Å². The van der Waals surface area contributed by atoms with Crippen LogP contribution in [0.2, 0.25) is 0 Å². The summed E-state index contributed by atoms with van der Waals surface area (Å²) >= 11 is 1.67. The average molecular weight is 414 g/mol. The molecule has 0 saturated carbocycles. The Morgan fingerprint density at radius 1 is 1.24 bits per heavy atom. The monoisotopic (exact) mass is 413 g/mol. The Bertz CT molecular complexity index is 860. The highest BCUT2D eigenvalue weighted by Gasteiger charge is 2.24. The number of thiophene rings is 1. The molecule has 1 aromatic heterocycles. The fourth-order valence-electron chi connectivity index (χ4n) is 3.30. The van der Waals surface area contributed by atoms with Crippen LogP contribution in [0.5, 0.6) is 0 Å². The number of benzene rings is 1. The minimum Gasteiger partial charge on any atom is -0.463 e. The molecule has 1 atom stereocenters. The summed E-state index contributed by atoms with van der Waals surface area (Å²) in [5.41, 5.74) is 3.46. The minimum absolute atomic E-state index is 0.0339. The van der Waals surface area contributed by atoms with Gasteiger partial charge in [-0.2, -0.15) is 0 Å². The molecule has 0 saturated heterocycles. The van der Waals surface area contributed by atoms with E-state index >= 15 is 0 Å². The molecule has 3 rings (SSSR count). The van der Waals surface area contributed by atoms with Gasteiger partial charge in [-0.25, -0.2) is 9.59 Å². The number of rotatable bonds is 9. The molecule has 154 valence electrons. The summed E-state index contributed by atoms with van der Waals surface area (Å²) in [4.78, 5) is 25.2. The second kappa shape index (κ2) is 10.2. The smallest absolute Gasteiger partial charge is 0.337 e. The predicted octanol–water partition coefficient (Wildman–Crippen LogP) is 3.51. The number of carbonyl (C=O) groups excluding carboxylic acids is 2. The zero-order chi connectivity index (χ0) is 20.6. The minimum atomic E-state index is -0.409. The third kappa shape index (κ3) is 5.46. The largest absolute Gasteiger partial charge is 0.463 e. The van der Waals surface area contributed by atoms with Crippen molar-refractivity contribution in [2.24, 2.45) is 0 Å². The number of amides is 2. The van der Waals surface area contributed by atoms with Crippen molar-refractivity contribution in [2.45, 2.75) is 32.7 Å². The second-order valence-electron chi connectivity index (χ2n) is 6.81. The van der Waals surface area contributed by atoms with Crippen LogP contribution in [0.4, 0.5) is 4.79 Å². The second-order valence-corrected chi connectivity index (χ2v) is 7.79. The van der Waals surface area contributed by atoms with E-state index in [9.17, 15) is 9.59 Å². The third-order valence-electron chi connectivity index (χ3n) is 4.74. The topological polar surface area (TPSA) is 79.5 Å². The molecule has 2 aromatic rings. The average Bonchev–Trinajstić information content (AvgIpc) is 3.24. The normalized spacial score (nSPS) is 14.9. The standard InChI is InChI=1S/C22H27N3O3S/c1-3-6-15-8-10-16(11-9-15)20(19-7-5-12-29-19)23-14-18-17(21(26)28-4-2)13-24-22(27)25-18/h5,7-12,20,23H,3-4,6,13-14H2,1-2H3,(H2,24,25,27)/t20-/m0/s1. The molecule has 0 bridgehead atoms. The number of hydrogen-bond donors (Lipinski definition) is 3. The molecule has 6 nitrogen and oxygen atoms in total. The summed E-state index contributed by atoms with van der Waals surface area (Å²) in [6.45, 7) is 4.74. The van der Waals surface area contributed by atoms with Crippen LogP contribution in [-0.4, -0.2) is 31.7 Å². The van der Waals surface area contributed by atoms with E-state index in [-0.39, 0.29) is 18.6 Å². The highest BCUT2D eigenvalue weighted by atomic mass is 32.1. The lowest BCUT2D eigenvalue weighted by molar-refractivity contribution is -0.138. The lowest BCUT2D eigenvalue weighted by Gasteiger charge is -2.24. The first-order chi connectivity index (χ1) is 14.1. The van der Waals surface area contributed by atoms with Gasteiger partial charge in [-0.05, 0) is 35.9 Å². The molecule has 1 aliphatic heterocycles. The number of nitrogens with one attached hydrogen (secondary N) is 3. The molecule has 3 N–H and O–H groups in total. The van der Waals surface area contributed by atoms with Crippen LogP contribution in [0.3, 0.4) is 0 Å². The van der Waals surface area contributed by atoms with Crippen molar-refractivity contribution in [1.82, 2.24) is 16.0 Å². The SMILES string of the molecule is CCCc1ccc([C@H](NCC2=C(C(=O)OCC)CNC(=O)N2)c2cccs2)cc1. The molecule has 0 spiro atoms. The van der Waals surface area contributed by atoms with Crippen molar-refractivity contribution in [1.29, 1.82) is 0 Å². The van der Waals surface area contributed by atoms with E-state index in [4.69, 9.17) is 4.74 Å². The number of carbonyl (C=O) groups is 2. The Kier molecular flexibility index (Phi) is 7.43. The van der Waals surface area contributed by atoms with Crippen molar-refractivity contribution in [3.8, 4) is 0 Å². The molecule has 0 fully saturated rings. The van der Waals surface area contributed by atoms with Crippen LogP contribution in [0, 0.1) is 0 Å². The number of aryl methyl sites for hydroxylation is 1. The van der Waals surface area contributed by atoms with E-state index in [0.29, 0.717) is 24.4 Å². The molecule has 0 radical (unpaired) electrons.